The molecule has 0 saturated heterocycles. The SMILES string of the molecule is CC(C)c1c(F)cc(-c2cccn2C)cc1F.CC(C)c1c(F)cc(-c2ccn(C3CC3)n2)cc1F.CC(C)c1ccc(-c2cccn2C)cc1F.CC(C)c1ccc(-c2ccn(C)n2)cc1F.CC(C)c1ccc(-c2cnn(C)c2)cc1.CC(C)c1ccc(-c2cnn(C)c2)cc1F.CC(C)c1ccc(-c2cnn(C)c2)nc1.CC(C)c1ccc(-n2cccn2)cc1. The van der Waals surface area contributed by atoms with Crippen molar-refractivity contribution in [1.82, 2.24) is 72.8 Å². The van der Waals surface area contributed by atoms with Gasteiger partial charge in [0.2, 0.25) is 0 Å². The summed E-state index contributed by atoms with van der Waals surface area (Å²) < 4.78 is 112. The third kappa shape index (κ3) is 26.6. The fourth-order valence-electron chi connectivity index (χ4n) is 14.3. The number of rotatable bonds is 17. The molecule has 0 N–H and O–H groups in total. The van der Waals surface area contributed by atoms with Gasteiger partial charge < -0.3 is 9.13 Å². The zero-order valence-electron chi connectivity index (χ0n) is 77.8. The van der Waals surface area contributed by atoms with Crippen molar-refractivity contribution in [1.29, 1.82) is 0 Å². The summed E-state index contributed by atoms with van der Waals surface area (Å²) in [6.45, 7) is 32.2. The first-order valence-electron chi connectivity index (χ1n) is 43.7. The number of pyridine rings is 1. The Balaban J connectivity index is 0.000000153. The van der Waals surface area contributed by atoms with Crippen LogP contribution in [0.15, 0.2) is 263 Å². The molecule has 0 atom stereocenters. The summed E-state index contributed by atoms with van der Waals surface area (Å²) >= 11 is 0. The standard InChI is InChI=1S/C15H16F2N2.C14H15F2N.C14H16FN.2C13H15FN2.C13H16N2.C12H15N3.C12H14N2/c1-9(2)15-12(16)7-10(8-13(15)17)14-5-6-19(18-14)11-3-4-11;1-9(2)14-11(15)7-10(8-12(14)16)13-5-4-6-17(13)3;1-10(2)12-7-6-11(9-13(12)15)14-5-4-8-16(14)3;1-9(2)12-5-4-10(6-13(12)14)11-7-15-16(3)8-11;1-9(2)11-5-4-10(8-12(11)14)13-6-7-16(3)15-13;1-10(2)11-4-6-12(7-5-11)13-8-14-15(3)9-13;1-9(2)10-4-5-12(13-6-10)11-7-14-15(3)8-11;1-10(2)11-4-6-12(7-5-11)14-9-3-8-13-14/h5-9,11H,3-4H2,1-2H3;4-9H,1-3H3;4-10H,1-3H3;2*4-9H,1-3H3;4-10H,1-3H3;4-9H,1-3H3;3-10H,1-2H3. The van der Waals surface area contributed by atoms with Crippen LogP contribution in [-0.2, 0) is 42.3 Å². The Kier molecular flexibility index (Phi) is 34.1. The molecule has 9 heterocycles. The zero-order chi connectivity index (χ0) is 92.9. The monoisotopic (exact) mass is 1740 g/mol. The maximum Gasteiger partial charge on any atom is 0.130 e. The Labute approximate surface area is 750 Å². The van der Waals surface area contributed by atoms with Crippen molar-refractivity contribution in [2.45, 2.75) is 177 Å². The van der Waals surface area contributed by atoms with Crippen molar-refractivity contribution in [2.75, 3.05) is 0 Å². The van der Waals surface area contributed by atoms with Gasteiger partial charge in [0.15, 0.2) is 0 Å². The molecule has 1 saturated carbocycles. The van der Waals surface area contributed by atoms with E-state index in [0.29, 0.717) is 40.6 Å². The summed E-state index contributed by atoms with van der Waals surface area (Å²) in [4.78, 5) is 4.43. The third-order valence-corrected chi connectivity index (χ3v) is 21.9. The van der Waals surface area contributed by atoms with Gasteiger partial charge in [-0.15, -0.1) is 0 Å². The van der Waals surface area contributed by atoms with Crippen molar-refractivity contribution in [2.24, 2.45) is 42.3 Å². The highest BCUT2D eigenvalue weighted by Gasteiger charge is 2.26. The molecule has 9 aromatic heterocycles. The molecule has 7 aromatic carbocycles. The average molecular weight is 1740 g/mol. The van der Waals surface area contributed by atoms with E-state index in [1.54, 1.807) is 72.3 Å². The minimum absolute atomic E-state index is 0.117. The summed E-state index contributed by atoms with van der Waals surface area (Å²) in [5.74, 6) is -0.332. The number of halogens is 7. The lowest BCUT2D eigenvalue weighted by Gasteiger charge is -2.11. The molecule has 128 heavy (non-hydrogen) atoms. The topological polar surface area (TPSA) is 130 Å². The quantitative estimate of drug-likeness (QED) is 0.0830. The average Bonchev–Trinajstić information content (AvgIpc) is 1.56. The maximum absolute atomic E-state index is 14.0. The summed E-state index contributed by atoms with van der Waals surface area (Å²) in [6, 6.07) is 56.8. The number of nitrogens with zero attached hydrogens (tertiary/aromatic N) is 15. The van der Waals surface area contributed by atoms with Crippen LogP contribution in [0, 0.1) is 40.7 Å². The third-order valence-electron chi connectivity index (χ3n) is 21.9. The normalized spacial score (nSPS) is 11.6. The van der Waals surface area contributed by atoms with Crippen molar-refractivity contribution in [3.8, 4) is 84.2 Å². The van der Waals surface area contributed by atoms with Crippen LogP contribution in [0.4, 0.5) is 30.7 Å². The minimum Gasteiger partial charge on any atom is -0.351 e. The van der Waals surface area contributed by atoms with E-state index in [2.05, 4.69) is 132 Å². The Morgan fingerprint density at radius 2 is 0.688 bits per heavy atom. The molecule has 22 heteroatoms. The lowest BCUT2D eigenvalue weighted by Crippen LogP contribution is -2.00. The van der Waals surface area contributed by atoms with Gasteiger partial charge in [-0.1, -0.05) is 190 Å². The summed E-state index contributed by atoms with van der Waals surface area (Å²) in [5, 5.41) is 25.2. The molecular formula is C106H122F7N15. The van der Waals surface area contributed by atoms with Crippen molar-refractivity contribution < 1.29 is 30.7 Å². The van der Waals surface area contributed by atoms with E-state index in [1.165, 1.54) is 52.1 Å². The van der Waals surface area contributed by atoms with Gasteiger partial charge in [0.05, 0.1) is 47.4 Å². The fraction of sp³-hybridized carbons (Fsp3) is 0.311. The fourth-order valence-corrected chi connectivity index (χ4v) is 14.3. The van der Waals surface area contributed by atoms with Crippen LogP contribution in [0.2, 0.25) is 0 Å². The Hall–Kier alpha value is -13.0. The second kappa shape index (κ2) is 44.9. The van der Waals surface area contributed by atoms with Gasteiger partial charge in [-0.3, -0.25) is 28.4 Å². The predicted octanol–water partition coefficient (Wildman–Crippen LogP) is 27.8. The highest BCUT2D eigenvalue weighted by atomic mass is 19.2. The first-order chi connectivity index (χ1) is 60.9. The maximum atomic E-state index is 14.0. The van der Waals surface area contributed by atoms with Crippen molar-refractivity contribution in [3.63, 3.8) is 0 Å². The first-order valence-corrected chi connectivity index (χ1v) is 43.7. The summed E-state index contributed by atoms with van der Waals surface area (Å²) in [7, 11) is 11.4. The molecule has 0 bridgehead atoms. The smallest absolute Gasteiger partial charge is 0.130 e. The van der Waals surface area contributed by atoms with E-state index in [1.807, 2.05) is 260 Å². The van der Waals surface area contributed by atoms with Gasteiger partial charge in [-0.05, 0) is 208 Å². The van der Waals surface area contributed by atoms with Crippen LogP contribution in [0.1, 0.15) is 222 Å². The van der Waals surface area contributed by atoms with E-state index in [-0.39, 0.29) is 58.2 Å². The van der Waals surface area contributed by atoms with Gasteiger partial charge in [-0.2, -0.15) is 30.6 Å². The van der Waals surface area contributed by atoms with Crippen LogP contribution in [-0.4, -0.2) is 72.8 Å². The van der Waals surface area contributed by atoms with E-state index in [4.69, 9.17) is 0 Å². The summed E-state index contributed by atoms with van der Waals surface area (Å²) in [5.41, 5.74) is 20.0. The van der Waals surface area contributed by atoms with Gasteiger partial charge >= 0.3 is 0 Å². The molecule has 670 valence electrons. The molecule has 0 amide bonds. The van der Waals surface area contributed by atoms with Crippen LogP contribution in [0.5, 0.6) is 0 Å². The molecule has 1 aliphatic rings. The number of aromatic nitrogens is 15. The minimum atomic E-state index is -0.494. The lowest BCUT2D eigenvalue weighted by molar-refractivity contribution is 0.541. The Bertz CT molecular complexity index is 5930. The van der Waals surface area contributed by atoms with Crippen LogP contribution < -0.4 is 0 Å². The second-order valence-electron chi connectivity index (χ2n) is 34.8. The number of hydrogen-bond acceptors (Lipinski definition) is 7. The van der Waals surface area contributed by atoms with E-state index in [9.17, 15) is 30.7 Å². The van der Waals surface area contributed by atoms with E-state index in [0.717, 1.165) is 85.8 Å². The number of benzene rings is 7. The lowest BCUT2D eigenvalue weighted by atomic mass is 9.99. The van der Waals surface area contributed by atoms with E-state index >= 15 is 0 Å². The van der Waals surface area contributed by atoms with Crippen molar-refractivity contribution in [3.05, 3.63) is 348 Å². The van der Waals surface area contributed by atoms with Crippen LogP contribution in [0.25, 0.3) is 84.2 Å². The second-order valence-corrected chi connectivity index (χ2v) is 34.8. The van der Waals surface area contributed by atoms with Crippen LogP contribution >= 0.6 is 0 Å². The van der Waals surface area contributed by atoms with Crippen LogP contribution in [0.3, 0.4) is 0 Å². The largest absolute Gasteiger partial charge is 0.351 e. The number of hydrogen-bond donors (Lipinski definition) is 0. The Morgan fingerprint density at radius 1 is 0.289 bits per heavy atom. The predicted molar refractivity (Wildman–Crippen MR) is 506 cm³/mol. The highest BCUT2D eigenvalue weighted by molar-refractivity contribution is 5.66. The molecule has 15 nitrogen and oxygen atoms in total. The molecule has 17 rings (SSSR count). The Morgan fingerprint density at radius 3 is 1.08 bits per heavy atom. The highest BCUT2D eigenvalue weighted by Crippen LogP contribution is 2.37. The molecule has 0 spiro atoms. The van der Waals surface area contributed by atoms with Gasteiger partial charge in [0, 0.05) is 166 Å². The van der Waals surface area contributed by atoms with Gasteiger partial charge in [0.25, 0.3) is 0 Å². The van der Waals surface area contributed by atoms with E-state index < -0.39 is 23.3 Å². The molecule has 16 aromatic rings. The number of aryl methyl sites for hydroxylation is 6. The van der Waals surface area contributed by atoms with Crippen molar-refractivity contribution >= 4 is 0 Å². The first kappa shape index (κ1) is 97.2. The summed E-state index contributed by atoms with van der Waals surface area (Å²) in [6.07, 6.45) is 26.8. The molecule has 1 fully saturated rings. The molecule has 0 radical (unpaired) electrons. The molecular weight excluding hydrogens is 1620 g/mol. The zero-order valence-corrected chi connectivity index (χ0v) is 77.8. The molecule has 0 unspecified atom stereocenters. The van der Waals surface area contributed by atoms with Gasteiger partial charge in [-0.25, -0.2) is 35.4 Å². The molecule has 1 aliphatic carbocycles. The van der Waals surface area contributed by atoms with Gasteiger partial charge in [0.1, 0.15) is 40.7 Å². The molecule has 0 aliphatic heterocycles.